The third kappa shape index (κ3) is 2.53. The number of fused-ring (bicyclic) bond motifs is 1. The Morgan fingerprint density at radius 2 is 2.00 bits per heavy atom. The van der Waals surface area contributed by atoms with E-state index < -0.39 is 0 Å². The van der Waals surface area contributed by atoms with E-state index in [-0.39, 0.29) is 6.10 Å². The van der Waals surface area contributed by atoms with Crippen LogP contribution in [0.4, 0.5) is 0 Å². The molecule has 1 N–H and O–H groups in total. The van der Waals surface area contributed by atoms with Gasteiger partial charge >= 0.3 is 0 Å². The Bertz CT molecular complexity index is 521. The number of rotatable bonds is 2. The van der Waals surface area contributed by atoms with Crippen molar-refractivity contribution in [1.82, 2.24) is 0 Å². The predicted molar refractivity (Wildman–Crippen MR) is 80.4 cm³/mol. The van der Waals surface area contributed by atoms with E-state index in [0.29, 0.717) is 0 Å². The minimum absolute atomic E-state index is 0.368. The molecule has 3 rings (SSSR count). The molecule has 0 aliphatic heterocycles. The summed E-state index contributed by atoms with van der Waals surface area (Å²) in [5.74, 6) is 0. The van der Waals surface area contributed by atoms with Crippen molar-refractivity contribution >= 4 is 32.1 Å². The number of hydrogen-bond donors (Lipinski definition) is 1. The second-order valence-corrected chi connectivity index (χ2v) is 7.00. The monoisotopic (exact) mass is 278 g/mol. The zero-order chi connectivity index (χ0) is 12.4. The summed E-state index contributed by atoms with van der Waals surface area (Å²) in [5, 5.41) is 12.6. The lowest BCUT2D eigenvalue weighted by molar-refractivity contribution is 0.213. The van der Waals surface area contributed by atoms with Gasteiger partial charge in [-0.15, -0.1) is 22.7 Å². The van der Waals surface area contributed by atoms with Crippen LogP contribution in [0, 0.1) is 0 Å². The molecule has 0 fully saturated rings. The quantitative estimate of drug-likeness (QED) is 0.741. The van der Waals surface area contributed by atoms with Crippen LogP contribution in [0.3, 0.4) is 0 Å². The van der Waals surface area contributed by atoms with Crippen LogP contribution < -0.4 is 0 Å². The van der Waals surface area contributed by atoms with Gasteiger partial charge in [0, 0.05) is 14.3 Å². The van der Waals surface area contributed by atoms with E-state index in [1.165, 1.54) is 40.7 Å². The Hall–Kier alpha value is -0.640. The lowest BCUT2D eigenvalue weighted by atomic mass is 9.96. The highest BCUT2D eigenvalue weighted by molar-refractivity contribution is 7.26. The molecule has 2 heterocycles. The highest BCUT2D eigenvalue weighted by atomic mass is 32.1. The number of thiophene rings is 2. The first kappa shape index (κ1) is 12.4. The summed E-state index contributed by atoms with van der Waals surface area (Å²) in [5.41, 5.74) is 1.24. The Balaban J connectivity index is 1.83. The SMILES string of the molecule is OC(/C1=C/CCCCCC1)c1cc2sccc2s1. The minimum atomic E-state index is -0.368. The predicted octanol–water partition coefficient (Wildman–Crippen LogP) is 5.28. The maximum atomic E-state index is 10.5. The van der Waals surface area contributed by atoms with Gasteiger partial charge in [-0.05, 0) is 48.8 Å². The molecule has 96 valence electrons. The summed E-state index contributed by atoms with van der Waals surface area (Å²) in [4.78, 5) is 1.11. The Morgan fingerprint density at radius 3 is 2.89 bits per heavy atom. The first-order valence-corrected chi connectivity index (χ1v) is 8.38. The average molecular weight is 278 g/mol. The molecule has 0 saturated heterocycles. The fourth-order valence-corrected chi connectivity index (χ4v) is 4.72. The summed E-state index contributed by atoms with van der Waals surface area (Å²) in [7, 11) is 0. The Morgan fingerprint density at radius 1 is 1.11 bits per heavy atom. The molecule has 18 heavy (non-hydrogen) atoms. The number of allylic oxidation sites excluding steroid dienone is 1. The minimum Gasteiger partial charge on any atom is -0.383 e. The summed E-state index contributed by atoms with van der Waals surface area (Å²) < 4.78 is 2.61. The van der Waals surface area contributed by atoms with E-state index >= 15 is 0 Å². The molecule has 1 atom stereocenters. The fraction of sp³-hybridized carbons (Fsp3) is 0.467. The van der Waals surface area contributed by atoms with Gasteiger partial charge in [0.05, 0.1) is 0 Å². The smallest absolute Gasteiger partial charge is 0.109 e. The van der Waals surface area contributed by atoms with Crippen LogP contribution in [0.1, 0.15) is 49.5 Å². The van der Waals surface area contributed by atoms with Crippen molar-refractivity contribution in [3.05, 3.63) is 34.0 Å². The molecule has 1 aliphatic rings. The maximum Gasteiger partial charge on any atom is 0.109 e. The molecule has 0 aromatic carbocycles. The van der Waals surface area contributed by atoms with Crippen molar-refractivity contribution in [3.8, 4) is 0 Å². The number of aliphatic hydroxyl groups excluding tert-OH is 1. The van der Waals surface area contributed by atoms with Gasteiger partial charge in [0.15, 0.2) is 0 Å². The van der Waals surface area contributed by atoms with Crippen LogP contribution >= 0.6 is 22.7 Å². The molecule has 0 saturated carbocycles. The van der Waals surface area contributed by atoms with Gasteiger partial charge in [0.2, 0.25) is 0 Å². The van der Waals surface area contributed by atoms with E-state index in [0.717, 1.165) is 17.7 Å². The molecule has 0 amide bonds. The zero-order valence-corrected chi connectivity index (χ0v) is 12.0. The molecule has 2 aromatic heterocycles. The number of aliphatic hydroxyl groups is 1. The van der Waals surface area contributed by atoms with Crippen molar-refractivity contribution in [1.29, 1.82) is 0 Å². The average Bonchev–Trinajstić information content (AvgIpc) is 2.87. The van der Waals surface area contributed by atoms with Crippen LogP contribution in [0.5, 0.6) is 0 Å². The van der Waals surface area contributed by atoms with Gasteiger partial charge in [-0.2, -0.15) is 0 Å². The molecule has 1 unspecified atom stereocenters. The Labute approximate surface area is 116 Å². The van der Waals surface area contributed by atoms with Crippen molar-refractivity contribution in [2.75, 3.05) is 0 Å². The van der Waals surface area contributed by atoms with Crippen LogP contribution in [0.25, 0.3) is 9.40 Å². The van der Waals surface area contributed by atoms with Gasteiger partial charge in [-0.1, -0.05) is 18.9 Å². The third-order valence-electron chi connectivity index (χ3n) is 3.61. The molecule has 3 heteroatoms. The molecule has 0 bridgehead atoms. The summed E-state index contributed by atoms with van der Waals surface area (Å²) >= 11 is 3.50. The van der Waals surface area contributed by atoms with Gasteiger partial charge in [-0.3, -0.25) is 0 Å². The molecule has 2 aromatic rings. The van der Waals surface area contributed by atoms with Gasteiger partial charge in [-0.25, -0.2) is 0 Å². The van der Waals surface area contributed by atoms with Crippen molar-refractivity contribution in [2.45, 2.75) is 44.6 Å². The number of hydrogen-bond acceptors (Lipinski definition) is 3. The lowest BCUT2D eigenvalue weighted by Gasteiger charge is -2.16. The van der Waals surface area contributed by atoms with Crippen LogP contribution in [0.15, 0.2) is 29.2 Å². The normalized spacial score (nSPS) is 22.2. The summed E-state index contributed by atoms with van der Waals surface area (Å²) in [6, 6.07) is 4.31. The lowest BCUT2D eigenvalue weighted by Crippen LogP contribution is -2.01. The second kappa shape index (κ2) is 5.55. The maximum absolute atomic E-state index is 10.5. The van der Waals surface area contributed by atoms with E-state index in [1.807, 2.05) is 0 Å². The zero-order valence-electron chi connectivity index (χ0n) is 10.4. The molecule has 0 radical (unpaired) electrons. The topological polar surface area (TPSA) is 20.2 Å². The van der Waals surface area contributed by atoms with Crippen LogP contribution in [-0.2, 0) is 0 Å². The van der Waals surface area contributed by atoms with Gasteiger partial charge in [0.1, 0.15) is 6.10 Å². The van der Waals surface area contributed by atoms with Crippen molar-refractivity contribution in [3.63, 3.8) is 0 Å². The van der Waals surface area contributed by atoms with Crippen LogP contribution in [0.2, 0.25) is 0 Å². The first-order valence-electron chi connectivity index (χ1n) is 6.68. The Kier molecular flexibility index (Phi) is 3.83. The molecule has 0 spiro atoms. The standard InChI is InChI=1S/C15H18OS2/c16-15(11-6-4-2-1-3-5-7-11)14-10-13-12(18-14)8-9-17-13/h6,8-10,15-16H,1-5,7H2/b11-6+. The molecular formula is C15H18OS2. The van der Waals surface area contributed by atoms with Gasteiger partial charge in [0.25, 0.3) is 0 Å². The molecular weight excluding hydrogens is 260 g/mol. The highest BCUT2D eigenvalue weighted by Gasteiger charge is 2.17. The molecule has 1 nitrogen and oxygen atoms in total. The first-order chi connectivity index (χ1) is 8.84. The molecule has 1 aliphatic carbocycles. The second-order valence-electron chi connectivity index (χ2n) is 4.93. The summed E-state index contributed by atoms with van der Waals surface area (Å²) in [6.07, 6.45) is 9.25. The van der Waals surface area contributed by atoms with E-state index in [2.05, 4.69) is 23.6 Å². The van der Waals surface area contributed by atoms with E-state index in [4.69, 9.17) is 0 Å². The van der Waals surface area contributed by atoms with E-state index in [9.17, 15) is 5.11 Å². The van der Waals surface area contributed by atoms with Crippen molar-refractivity contribution < 1.29 is 5.11 Å². The van der Waals surface area contributed by atoms with E-state index in [1.54, 1.807) is 22.7 Å². The van der Waals surface area contributed by atoms with Gasteiger partial charge < -0.3 is 5.11 Å². The van der Waals surface area contributed by atoms with Crippen LogP contribution in [-0.4, -0.2) is 5.11 Å². The largest absolute Gasteiger partial charge is 0.383 e. The van der Waals surface area contributed by atoms with Crippen molar-refractivity contribution in [2.24, 2.45) is 0 Å². The third-order valence-corrected chi connectivity index (χ3v) is 5.75. The highest BCUT2D eigenvalue weighted by Crippen LogP contribution is 2.37. The fourth-order valence-electron chi connectivity index (χ4n) is 2.57. The summed E-state index contributed by atoms with van der Waals surface area (Å²) in [6.45, 7) is 0.